The van der Waals surface area contributed by atoms with Crippen molar-refractivity contribution in [2.24, 2.45) is 28.4 Å². The van der Waals surface area contributed by atoms with Crippen LogP contribution >= 0.6 is 0 Å². The number of ether oxygens (including phenoxy) is 1. The maximum Gasteiger partial charge on any atom is 0.408 e. The molecule has 1 aliphatic heterocycles. The van der Waals surface area contributed by atoms with Crippen molar-refractivity contribution in [1.29, 1.82) is 0 Å². The first-order valence-electron chi connectivity index (χ1n) is 13.2. The van der Waals surface area contributed by atoms with Crippen LogP contribution in [0.4, 0.5) is 4.79 Å². The van der Waals surface area contributed by atoms with E-state index < -0.39 is 52.8 Å². The van der Waals surface area contributed by atoms with Gasteiger partial charge in [-0.3, -0.25) is 19.2 Å². The van der Waals surface area contributed by atoms with Crippen LogP contribution in [-0.4, -0.2) is 64.8 Å². The number of hydrogen-bond donors (Lipinski definition) is 3. The summed E-state index contributed by atoms with van der Waals surface area (Å²) in [6, 6.07) is -2.82. The number of ketones is 1. The van der Waals surface area contributed by atoms with Crippen LogP contribution in [0, 0.1) is 22.7 Å². The molecule has 5 atom stereocenters. The van der Waals surface area contributed by atoms with Crippen LogP contribution in [0.3, 0.4) is 0 Å². The predicted octanol–water partition coefficient (Wildman–Crippen LogP) is 2.53. The molecule has 2 rings (SSSR count). The quantitative estimate of drug-likeness (QED) is 0.396. The minimum atomic E-state index is -1.10. The van der Waals surface area contributed by atoms with Gasteiger partial charge in [-0.25, -0.2) is 4.79 Å². The summed E-state index contributed by atoms with van der Waals surface area (Å²) in [7, 11) is 0. The van der Waals surface area contributed by atoms with Crippen LogP contribution in [0.1, 0.15) is 88.0 Å². The molecule has 1 heterocycles. The second-order valence-electron chi connectivity index (χ2n) is 13.3. The van der Waals surface area contributed by atoms with E-state index in [1.165, 1.54) is 0 Å². The first-order valence-corrected chi connectivity index (χ1v) is 13.2. The fraction of sp³-hybridized carbons (Fsp3) is 0.815. The number of hydrogen-bond acceptors (Lipinski definition) is 6. The Kier molecular flexibility index (Phi) is 9.08. The van der Waals surface area contributed by atoms with Crippen LogP contribution in [0.5, 0.6) is 0 Å². The van der Waals surface area contributed by atoms with Crippen molar-refractivity contribution in [3.8, 4) is 0 Å². The van der Waals surface area contributed by atoms with Crippen molar-refractivity contribution in [1.82, 2.24) is 15.5 Å². The van der Waals surface area contributed by atoms with Crippen molar-refractivity contribution in [2.45, 2.75) is 112 Å². The second kappa shape index (κ2) is 11.0. The summed E-state index contributed by atoms with van der Waals surface area (Å²) >= 11 is 0. The first-order chi connectivity index (χ1) is 16.8. The molecule has 0 aromatic rings. The van der Waals surface area contributed by atoms with Crippen LogP contribution < -0.4 is 16.4 Å². The smallest absolute Gasteiger partial charge is 0.408 e. The second-order valence-corrected chi connectivity index (χ2v) is 13.3. The van der Waals surface area contributed by atoms with Gasteiger partial charge in [-0.1, -0.05) is 54.4 Å². The Morgan fingerprint density at radius 2 is 1.65 bits per heavy atom. The van der Waals surface area contributed by atoms with Crippen molar-refractivity contribution < 1.29 is 28.7 Å². The van der Waals surface area contributed by atoms with E-state index in [1.54, 1.807) is 25.7 Å². The lowest BCUT2D eigenvalue weighted by molar-refractivity contribution is -0.145. The molecule has 2 fully saturated rings. The van der Waals surface area contributed by atoms with E-state index in [0.29, 0.717) is 13.0 Å². The number of primary amides is 1. The minimum absolute atomic E-state index is 0.117. The van der Waals surface area contributed by atoms with Crippen LogP contribution in [0.2, 0.25) is 0 Å². The highest BCUT2D eigenvalue weighted by Crippen LogP contribution is 2.57. The molecule has 4 N–H and O–H groups in total. The Morgan fingerprint density at radius 1 is 1.05 bits per heavy atom. The van der Waals surface area contributed by atoms with Crippen molar-refractivity contribution in [3.63, 3.8) is 0 Å². The van der Waals surface area contributed by atoms with Gasteiger partial charge in [0, 0.05) is 6.54 Å². The molecule has 0 spiro atoms. The number of unbranched alkanes of at least 4 members (excludes halogenated alkanes) is 1. The van der Waals surface area contributed by atoms with Crippen molar-refractivity contribution >= 4 is 29.6 Å². The van der Waals surface area contributed by atoms with E-state index in [1.807, 2.05) is 27.7 Å². The lowest BCUT2D eigenvalue weighted by Gasteiger charge is -2.49. The molecule has 1 saturated carbocycles. The van der Waals surface area contributed by atoms with Gasteiger partial charge in [0.25, 0.3) is 5.91 Å². The third-order valence-electron chi connectivity index (χ3n) is 7.35. The number of carbonyl (C=O) groups excluding carboxylic acids is 5. The van der Waals surface area contributed by atoms with Gasteiger partial charge in [-0.05, 0) is 56.3 Å². The fourth-order valence-electron chi connectivity index (χ4n) is 5.72. The third-order valence-corrected chi connectivity index (χ3v) is 7.35. The SMILES string of the molecule is CCCCC(NC(=O)[C@@H]1[C@@H]2[C@H](CN1C(=O)[C@@H](NC(=O)OC(C)(C)C)C(C)(C)C)CC2(C)C)C(=O)C(N)=O. The van der Waals surface area contributed by atoms with E-state index in [4.69, 9.17) is 10.5 Å². The minimum Gasteiger partial charge on any atom is -0.444 e. The Labute approximate surface area is 220 Å². The third kappa shape index (κ3) is 7.23. The zero-order chi connectivity index (χ0) is 28.5. The summed E-state index contributed by atoms with van der Waals surface area (Å²) in [5, 5.41) is 5.46. The average Bonchev–Trinajstić information content (AvgIpc) is 3.06. The number of carbonyl (C=O) groups is 5. The molecule has 0 aromatic carbocycles. The largest absolute Gasteiger partial charge is 0.444 e. The topological polar surface area (TPSA) is 148 Å². The summed E-state index contributed by atoms with van der Waals surface area (Å²) in [6.45, 7) is 17.2. The van der Waals surface area contributed by atoms with Gasteiger partial charge in [-0.15, -0.1) is 0 Å². The summed E-state index contributed by atoms with van der Waals surface area (Å²) < 4.78 is 5.40. The van der Waals surface area contributed by atoms with Gasteiger partial charge in [0.2, 0.25) is 17.6 Å². The molecule has 37 heavy (non-hydrogen) atoms. The highest BCUT2D eigenvalue weighted by molar-refractivity contribution is 6.37. The molecule has 1 saturated heterocycles. The number of fused-ring (bicyclic) bond motifs is 1. The number of likely N-dealkylation sites (tertiary alicyclic amines) is 1. The predicted molar refractivity (Wildman–Crippen MR) is 139 cm³/mol. The number of rotatable bonds is 9. The molecule has 1 aliphatic carbocycles. The molecular formula is C27H46N4O6. The molecule has 10 nitrogen and oxygen atoms in total. The lowest BCUT2D eigenvalue weighted by Crippen LogP contribution is -2.61. The number of nitrogens with zero attached hydrogens (tertiary/aromatic N) is 1. The summed E-state index contributed by atoms with van der Waals surface area (Å²) in [4.78, 5) is 65.9. The maximum absolute atomic E-state index is 14.0. The molecule has 0 bridgehead atoms. The molecule has 210 valence electrons. The molecule has 0 radical (unpaired) electrons. The lowest BCUT2D eigenvalue weighted by atomic mass is 9.55. The average molecular weight is 523 g/mol. The standard InChI is InChI=1S/C27H46N4O6/c1-10-11-12-16(19(32)21(28)33)29-22(34)18-17-15(13-27(17,8)9)14-31(18)23(35)20(25(2,3)4)30-24(36)37-26(5,6)7/h15-18,20H,10-14H2,1-9H3,(H2,28,33)(H,29,34)(H,30,36)/t15-,16?,17-,18-,20+/m0/s1. The molecule has 1 unspecified atom stereocenters. The summed E-state index contributed by atoms with van der Waals surface area (Å²) in [5.74, 6) is -2.80. The van der Waals surface area contributed by atoms with E-state index >= 15 is 0 Å². The highest BCUT2D eigenvalue weighted by atomic mass is 16.6. The molecule has 2 aliphatic rings. The summed E-state index contributed by atoms with van der Waals surface area (Å²) in [6.07, 6.45) is 1.82. The van der Waals surface area contributed by atoms with Crippen molar-refractivity contribution in [2.75, 3.05) is 6.54 Å². The Morgan fingerprint density at radius 3 is 2.11 bits per heavy atom. The molecule has 10 heteroatoms. The normalized spacial score (nSPS) is 24.2. The van der Waals surface area contributed by atoms with Gasteiger partial charge in [0.1, 0.15) is 17.7 Å². The van der Waals surface area contributed by atoms with Gasteiger partial charge in [0.05, 0.1) is 6.04 Å². The fourth-order valence-corrected chi connectivity index (χ4v) is 5.72. The first kappa shape index (κ1) is 30.6. The van der Waals surface area contributed by atoms with Crippen LogP contribution in [-0.2, 0) is 23.9 Å². The van der Waals surface area contributed by atoms with Crippen LogP contribution in [0.25, 0.3) is 0 Å². The number of Topliss-reactive ketones (excluding diaryl/α,β-unsaturated/α-hetero) is 1. The number of nitrogens with one attached hydrogen (secondary N) is 2. The monoisotopic (exact) mass is 522 g/mol. The van der Waals surface area contributed by atoms with Gasteiger partial charge >= 0.3 is 6.09 Å². The van der Waals surface area contributed by atoms with Crippen LogP contribution in [0.15, 0.2) is 0 Å². The Hall–Kier alpha value is -2.65. The highest BCUT2D eigenvalue weighted by Gasteiger charge is 2.61. The molecular weight excluding hydrogens is 476 g/mol. The van der Waals surface area contributed by atoms with E-state index in [2.05, 4.69) is 24.5 Å². The Balaban J connectivity index is 2.37. The van der Waals surface area contributed by atoms with E-state index in [-0.39, 0.29) is 29.6 Å². The van der Waals surface area contributed by atoms with Gasteiger partial charge in [0.15, 0.2) is 0 Å². The zero-order valence-electron chi connectivity index (χ0n) is 23.9. The van der Waals surface area contributed by atoms with E-state index in [9.17, 15) is 24.0 Å². The summed E-state index contributed by atoms with van der Waals surface area (Å²) in [5.41, 5.74) is 3.64. The number of amides is 4. The molecule has 4 amide bonds. The van der Waals surface area contributed by atoms with Crippen molar-refractivity contribution in [3.05, 3.63) is 0 Å². The molecule has 0 aromatic heterocycles. The van der Waals surface area contributed by atoms with E-state index in [0.717, 1.165) is 12.8 Å². The Bertz CT molecular complexity index is 917. The zero-order valence-corrected chi connectivity index (χ0v) is 23.9. The maximum atomic E-state index is 14.0. The van der Waals surface area contributed by atoms with Gasteiger partial charge in [-0.2, -0.15) is 0 Å². The number of nitrogens with two attached hydrogens (primary N) is 1. The number of alkyl carbamates (subject to hydrolysis) is 1. The van der Waals surface area contributed by atoms with Gasteiger partial charge < -0.3 is 26.0 Å².